The highest BCUT2D eigenvalue weighted by Gasteiger charge is 2.35. The van der Waals surface area contributed by atoms with E-state index in [2.05, 4.69) is 25.0 Å². The summed E-state index contributed by atoms with van der Waals surface area (Å²) in [4.78, 5) is 17.2. The molecule has 39 heavy (non-hydrogen) atoms. The van der Waals surface area contributed by atoms with Crippen LogP contribution in [0.4, 0.5) is 25.1 Å². The van der Waals surface area contributed by atoms with Crippen LogP contribution in [0.25, 0.3) is 0 Å². The number of anilines is 2. The van der Waals surface area contributed by atoms with E-state index >= 15 is 0 Å². The quantitative estimate of drug-likeness (QED) is 0.309. The SMILES string of the molecule is CC(C)c1nc(N2CCC(CCCOc3cnc(N4C[C@H](c5cc(F)c(F)cc5F)[C@@H](N)C4)nc3)CC2)no1. The summed E-state index contributed by atoms with van der Waals surface area (Å²) >= 11 is 0. The van der Waals surface area contributed by atoms with Crippen molar-refractivity contribution in [1.82, 2.24) is 20.1 Å². The van der Waals surface area contributed by atoms with Gasteiger partial charge in [0.1, 0.15) is 5.82 Å². The Balaban J connectivity index is 1.05. The Morgan fingerprint density at radius 2 is 1.72 bits per heavy atom. The zero-order valence-electron chi connectivity index (χ0n) is 22.2. The molecule has 1 aromatic carbocycles. The molecule has 2 fully saturated rings. The predicted octanol–water partition coefficient (Wildman–Crippen LogP) is 4.41. The maximum absolute atomic E-state index is 14.3. The Kier molecular flexibility index (Phi) is 8.20. The van der Waals surface area contributed by atoms with E-state index in [-0.39, 0.29) is 11.5 Å². The lowest BCUT2D eigenvalue weighted by molar-refractivity contribution is 0.277. The van der Waals surface area contributed by atoms with Crippen molar-refractivity contribution in [3.8, 4) is 5.75 Å². The molecule has 3 aromatic rings. The second-order valence-electron chi connectivity index (χ2n) is 10.7. The molecule has 2 aliphatic heterocycles. The van der Waals surface area contributed by atoms with Crippen molar-refractivity contribution in [3.63, 3.8) is 0 Å². The van der Waals surface area contributed by atoms with Crippen LogP contribution in [0.2, 0.25) is 0 Å². The smallest absolute Gasteiger partial charge is 0.266 e. The van der Waals surface area contributed by atoms with Gasteiger partial charge in [-0.15, -0.1) is 0 Å². The average molecular weight is 546 g/mol. The van der Waals surface area contributed by atoms with E-state index in [9.17, 15) is 13.2 Å². The van der Waals surface area contributed by atoms with Gasteiger partial charge in [-0.05, 0) is 48.4 Å². The van der Waals surface area contributed by atoms with Crippen LogP contribution in [0.3, 0.4) is 0 Å². The number of aromatic nitrogens is 4. The fourth-order valence-corrected chi connectivity index (χ4v) is 5.26. The topological polar surface area (TPSA) is 106 Å². The standard InChI is InChI=1S/C27H34F3N7O2/c1-16(2)25-34-27(35-39-25)36-7-5-17(6-8-36)4-3-9-38-18-12-32-26(33-13-18)37-14-20(24(31)15-37)19-10-22(29)23(30)11-21(19)28/h10-13,16-17,20,24H,3-9,14-15,31H2,1-2H3/t20-,24+/m1/s1. The Hall–Kier alpha value is -3.41. The van der Waals surface area contributed by atoms with Crippen LogP contribution in [0.15, 0.2) is 29.0 Å². The molecular formula is C27H34F3N7O2. The van der Waals surface area contributed by atoms with Gasteiger partial charge in [0.25, 0.3) is 5.95 Å². The number of hydrogen-bond acceptors (Lipinski definition) is 9. The van der Waals surface area contributed by atoms with Crippen LogP contribution in [-0.2, 0) is 0 Å². The molecule has 0 amide bonds. The Bertz CT molecular complexity index is 1250. The van der Waals surface area contributed by atoms with Crippen molar-refractivity contribution < 1.29 is 22.4 Å². The highest BCUT2D eigenvalue weighted by atomic mass is 19.2. The van der Waals surface area contributed by atoms with E-state index in [1.54, 1.807) is 12.4 Å². The fourth-order valence-electron chi connectivity index (χ4n) is 5.26. The van der Waals surface area contributed by atoms with Crippen LogP contribution in [0.5, 0.6) is 5.75 Å². The largest absolute Gasteiger partial charge is 0.490 e. The van der Waals surface area contributed by atoms with Crippen molar-refractivity contribution in [2.45, 2.75) is 57.4 Å². The van der Waals surface area contributed by atoms with Gasteiger partial charge in [0.15, 0.2) is 17.4 Å². The lowest BCUT2D eigenvalue weighted by Crippen LogP contribution is -2.34. The number of piperidine rings is 1. The van der Waals surface area contributed by atoms with Gasteiger partial charge in [0.2, 0.25) is 11.8 Å². The van der Waals surface area contributed by atoms with Gasteiger partial charge in [0, 0.05) is 50.1 Å². The third-order valence-electron chi connectivity index (χ3n) is 7.55. The van der Waals surface area contributed by atoms with Gasteiger partial charge < -0.3 is 24.8 Å². The number of halogens is 3. The average Bonchev–Trinajstić information content (AvgIpc) is 3.57. The zero-order chi connectivity index (χ0) is 27.5. The summed E-state index contributed by atoms with van der Waals surface area (Å²) < 4.78 is 52.5. The summed E-state index contributed by atoms with van der Waals surface area (Å²) in [7, 11) is 0. The molecule has 2 aromatic heterocycles. The van der Waals surface area contributed by atoms with Crippen molar-refractivity contribution in [2.75, 3.05) is 42.6 Å². The maximum Gasteiger partial charge on any atom is 0.266 e. The van der Waals surface area contributed by atoms with E-state index in [1.165, 1.54) is 0 Å². The zero-order valence-corrected chi connectivity index (χ0v) is 22.2. The van der Waals surface area contributed by atoms with Gasteiger partial charge in [0.05, 0.1) is 19.0 Å². The molecule has 2 atom stereocenters. The highest BCUT2D eigenvalue weighted by Crippen LogP contribution is 2.32. The fraction of sp³-hybridized carbons (Fsp3) is 0.556. The molecule has 5 rings (SSSR count). The normalized spacial score (nSPS) is 20.3. The molecule has 9 nitrogen and oxygen atoms in total. The van der Waals surface area contributed by atoms with E-state index in [0.29, 0.717) is 55.2 Å². The lowest BCUT2D eigenvalue weighted by atomic mass is 9.92. The summed E-state index contributed by atoms with van der Waals surface area (Å²) in [5, 5.41) is 4.11. The minimum atomic E-state index is -1.22. The van der Waals surface area contributed by atoms with Crippen molar-refractivity contribution >= 4 is 11.9 Å². The summed E-state index contributed by atoms with van der Waals surface area (Å²) in [6, 6.07) is 0.973. The molecule has 0 unspecified atom stereocenters. The minimum absolute atomic E-state index is 0.0598. The maximum atomic E-state index is 14.3. The second-order valence-corrected chi connectivity index (χ2v) is 10.7. The summed E-state index contributed by atoms with van der Waals surface area (Å²) in [6.07, 6.45) is 7.37. The van der Waals surface area contributed by atoms with Crippen LogP contribution >= 0.6 is 0 Å². The minimum Gasteiger partial charge on any atom is -0.490 e. The Morgan fingerprint density at radius 1 is 1.00 bits per heavy atom. The van der Waals surface area contributed by atoms with Gasteiger partial charge >= 0.3 is 0 Å². The lowest BCUT2D eigenvalue weighted by Gasteiger charge is -2.30. The third-order valence-corrected chi connectivity index (χ3v) is 7.55. The summed E-state index contributed by atoms with van der Waals surface area (Å²) in [6.45, 7) is 7.15. The Morgan fingerprint density at radius 3 is 2.41 bits per heavy atom. The Labute approximate surface area is 225 Å². The first-order chi connectivity index (χ1) is 18.8. The number of hydrogen-bond donors (Lipinski definition) is 1. The van der Waals surface area contributed by atoms with Crippen molar-refractivity contribution in [1.29, 1.82) is 0 Å². The molecule has 2 saturated heterocycles. The van der Waals surface area contributed by atoms with E-state index in [0.717, 1.165) is 44.8 Å². The van der Waals surface area contributed by atoms with Crippen LogP contribution < -0.4 is 20.3 Å². The first kappa shape index (κ1) is 27.2. The molecule has 0 aliphatic carbocycles. The molecule has 12 heteroatoms. The van der Waals surface area contributed by atoms with Gasteiger partial charge in [-0.1, -0.05) is 13.8 Å². The number of ether oxygens (including phenoxy) is 1. The summed E-state index contributed by atoms with van der Waals surface area (Å²) in [5.74, 6) is -0.411. The van der Waals surface area contributed by atoms with Gasteiger partial charge in [-0.25, -0.2) is 23.1 Å². The van der Waals surface area contributed by atoms with E-state index < -0.39 is 29.4 Å². The highest BCUT2D eigenvalue weighted by molar-refractivity contribution is 5.39. The second kappa shape index (κ2) is 11.8. The molecule has 2 N–H and O–H groups in total. The van der Waals surface area contributed by atoms with Gasteiger partial charge in [-0.3, -0.25) is 0 Å². The van der Waals surface area contributed by atoms with Crippen LogP contribution in [0.1, 0.15) is 62.8 Å². The van der Waals surface area contributed by atoms with Crippen LogP contribution in [0, 0.1) is 23.4 Å². The molecule has 4 heterocycles. The monoisotopic (exact) mass is 545 g/mol. The molecule has 2 aliphatic rings. The predicted molar refractivity (Wildman–Crippen MR) is 139 cm³/mol. The number of nitrogens with zero attached hydrogens (tertiary/aromatic N) is 6. The molecule has 210 valence electrons. The first-order valence-corrected chi connectivity index (χ1v) is 13.5. The number of nitrogens with two attached hydrogens (primary N) is 1. The van der Waals surface area contributed by atoms with E-state index in [1.807, 2.05) is 18.7 Å². The molecule has 0 bridgehead atoms. The number of rotatable bonds is 9. The van der Waals surface area contributed by atoms with E-state index in [4.69, 9.17) is 15.0 Å². The number of benzene rings is 1. The molecule has 0 radical (unpaired) electrons. The van der Waals surface area contributed by atoms with Crippen LogP contribution in [-0.4, -0.2) is 58.9 Å². The summed E-state index contributed by atoms with van der Waals surface area (Å²) in [5.41, 5.74) is 6.26. The van der Waals surface area contributed by atoms with Gasteiger partial charge in [-0.2, -0.15) is 4.98 Å². The van der Waals surface area contributed by atoms with Crippen molar-refractivity contribution in [3.05, 3.63) is 53.4 Å². The molecular weight excluding hydrogens is 511 g/mol. The molecule has 0 spiro atoms. The first-order valence-electron chi connectivity index (χ1n) is 13.5. The van der Waals surface area contributed by atoms with Crippen molar-refractivity contribution in [2.24, 2.45) is 11.7 Å². The third kappa shape index (κ3) is 6.26. The molecule has 0 saturated carbocycles.